The quantitative estimate of drug-likeness (QED) is 0.810. The molecule has 0 unspecified atom stereocenters. The Morgan fingerprint density at radius 2 is 2.35 bits per heavy atom. The van der Waals surface area contributed by atoms with Gasteiger partial charge >= 0.3 is 5.97 Å². The van der Waals surface area contributed by atoms with E-state index in [1.54, 1.807) is 0 Å². The Morgan fingerprint density at radius 3 is 2.88 bits per heavy atom. The van der Waals surface area contributed by atoms with Gasteiger partial charge in [-0.1, -0.05) is 0 Å². The predicted molar refractivity (Wildman–Crippen MR) is 66.2 cm³/mol. The molecule has 0 aliphatic heterocycles. The first-order chi connectivity index (χ1) is 8.13. The number of nitrogens with zero attached hydrogens (tertiary/aromatic N) is 2. The van der Waals surface area contributed by atoms with E-state index in [9.17, 15) is 4.79 Å². The van der Waals surface area contributed by atoms with E-state index in [1.165, 1.54) is 25.1 Å². The molecule has 1 fully saturated rings. The molecule has 1 heterocycles. The van der Waals surface area contributed by atoms with Gasteiger partial charge < -0.3 is 15.7 Å². The fraction of sp³-hybridized carbons (Fsp3) is 0.500. The molecule has 1 saturated carbocycles. The van der Waals surface area contributed by atoms with Crippen molar-refractivity contribution >= 4 is 17.5 Å². The van der Waals surface area contributed by atoms with E-state index >= 15 is 0 Å². The van der Waals surface area contributed by atoms with E-state index in [4.69, 9.17) is 10.8 Å². The largest absolute Gasteiger partial charge is 0.478 e. The molecule has 0 atom stereocenters. The van der Waals surface area contributed by atoms with Crippen LogP contribution in [0.25, 0.3) is 0 Å². The second-order valence-corrected chi connectivity index (χ2v) is 4.38. The van der Waals surface area contributed by atoms with Crippen LogP contribution in [0.15, 0.2) is 12.3 Å². The van der Waals surface area contributed by atoms with Crippen molar-refractivity contribution in [3.63, 3.8) is 0 Å². The number of carbonyl (C=O) groups is 1. The van der Waals surface area contributed by atoms with Gasteiger partial charge in [-0.2, -0.15) is 0 Å². The lowest BCUT2D eigenvalue weighted by Gasteiger charge is -2.23. The van der Waals surface area contributed by atoms with Gasteiger partial charge in [0.15, 0.2) is 5.82 Å². The van der Waals surface area contributed by atoms with E-state index in [-0.39, 0.29) is 11.3 Å². The maximum atomic E-state index is 11.0. The predicted octanol–water partition coefficient (Wildman–Crippen LogP) is 1.60. The lowest BCUT2D eigenvalue weighted by Crippen LogP contribution is -2.27. The minimum absolute atomic E-state index is 0.129. The summed E-state index contributed by atoms with van der Waals surface area (Å²) in [7, 11) is 0. The minimum Gasteiger partial charge on any atom is -0.478 e. The van der Waals surface area contributed by atoms with Crippen molar-refractivity contribution in [3.8, 4) is 0 Å². The number of aromatic carboxylic acids is 1. The zero-order valence-corrected chi connectivity index (χ0v) is 9.89. The molecule has 1 aliphatic rings. The summed E-state index contributed by atoms with van der Waals surface area (Å²) < 4.78 is 0. The van der Waals surface area contributed by atoms with Crippen LogP contribution < -0.4 is 10.6 Å². The SMILES string of the molecule is CCN(CC1CC1)c1nccc(C(=O)O)c1N. The molecular weight excluding hydrogens is 218 g/mol. The third-order valence-electron chi connectivity index (χ3n) is 3.06. The average Bonchev–Trinajstić information content (AvgIpc) is 3.10. The molecule has 1 aromatic rings. The van der Waals surface area contributed by atoms with E-state index in [0.29, 0.717) is 11.7 Å². The van der Waals surface area contributed by atoms with Gasteiger partial charge in [0.2, 0.25) is 0 Å². The van der Waals surface area contributed by atoms with Crippen LogP contribution in [0.2, 0.25) is 0 Å². The number of aromatic nitrogens is 1. The molecular formula is C12H17N3O2. The van der Waals surface area contributed by atoms with E-state index < -0.39 is 5.97 Å². The van der Waals surface area contributed by atoms with Crippen LogP contribution in [0.5, 0.6) is 0 Å². The van der Waals surface area contributed by atoms with Crippen LogP contribution in [-0.4, -0.2) is 29.1 Å². The Labute approximate surface area is 100 Å². The standard InChI is InChI=1S/C12H17N3O2/c1-2-15(7-8-3-4-8)11-10(13)9(12(16)17)5-6-14-11/h5-6,8H,2-4,7,13H2,1H3,(H,16,17). The van der Waals surface area contributed by atoms with Crippen molar-refractivity contribution in [2.45, 2.75) is 19.8 Å². The number of nitrogen functional groups attached to an aromatic ring is 1. The van der Waals surface area contributed by atoms with Crippen LogP contribution in [0.3, 0.4) is 0 Å². The van der Waals surface area contributed by atoms with Crippen molar-refractivity contribution in [1.29, 1.82) is 0 Å². The highest BCUT2D eigenvalue weighted by Crippen LogP contribution is 2.32. The first-order valence-electron chi connectivity index (χ1n) is 5.86. The highest BCUT2D eigenvalue weighted by molar-refractivity contribution is 5.96. The lowest BCUT2D eigenvalue weighted by molar-refractivity contribution is 0.0698. The molecule has 1 aliphatic carbocycles. The second-order valence-electron chi connectivity index (χ2n) is 4.38. The molecule has 0 amide bonds. The van der Waals surface area contributed by atoms with Crippen molar-refractivity contribution < 1.29 is 9.90 Å². The molecule has 1 aromatic heterocycles. The molecule has 2 rings (SSSR count). The van der Waals surface area contributed by atoms with Crippen LogP contribution in [0.4, 0.5) is 11.5 Å². The molecule has 17 heavy (non-hydrogen) atoms. The number of carboxylic acids is 1. The Kier molecular flexibility index (Phi) is 3.17. The fourth-order valence-corrected chi connectivity index (χ4v) is 1.88. The third-order valence-corrected chi connectivity index (χ3v) is 3.06. The molecule has 5 heteroatoms. The summed E-state index contributed by atoms with van der Waals surface area (Å²) in [5, 5.41) is 9.01. The maximum absolute atomic E-state index is 11.0. The number of hydrogen-bond acceptors (Lipinski definition) is 4. The summed E-state index contributed by atoms with van der Waals surface area (Å²) in [6, 6.07) is 1.44. The van der Waals surface area contributed by atoms with Gasteiger partial charge in [-0.3, -0.25) is 0 Å². The molecule has 0 bridgehead atoms. The van der Waals surface area contributed by atoms with Crippen LogP contribution in [0, 0.1) is 5.92 Å². The Bertz CT molecular complexity index is 430. The van der Waals surface area contributed by atoms with E-state index in [0.717, 1.165) is 13.1 Å². The van der Waals surface area contributed by atoms with Gasteiger partial charge in [0.25, 0.3) is 0 Å². The number of anilines is 2. The highest BCUT2D eigenvalue weighted by atomic mass is 16.4. The van der Waals surface area contributed by atoms with Gasteiger partial charge in [0.05, 0.1) is 11.3 Å². The average molecular weight is 235 g/mol. The molecule has 0 saturated heterocycles. The summed E-state index contributed by atoms with van der Waals surface area (Å²) in [5.74, 6) is 0.303. The fourth-order valence-electron chi connectivity index (χ4n) is 1.88. The summed E-state index contributed by atoms with van der Waals surface area (Å²) in [6.07, 6.45) is 3.99. The van der Waals surface area contributed by atoms with Crippen molar-refractivity contribution in [3.05, 3.63) is 17.8 Å². The summed E-state index contributed by atoms with van der Waals surface area (Å²) in [5.41, 5.74) is 6.27. The Morgan fingerprint density at radius 1 is 1.65 bits per heavy atom. The normalized spacial score (nSPS) is 14.6. The molecule has 3 N–H and O–H groups in total. The zero-order chi connectivity index (χ0) is 12.4. The monoisotopic (exact) mass is 235 g/mol. The Hall–Kier alpha value is -1.78. The number of pyridine rings is 1. The smallest absolute Gasteiger partial charge is 0.337 e. The summed E-state index contributed by atoms with van der Waals surface area (Å²) in [6.45, 7) is 3.73. The molecule has 0 aromatic carbocycles. The number of rotatable bonds is 5. The zero-order valence-electron chi connectivity index (χ0n) is 9.89. The first kappa shape index (κ1) is 11.7. The molecule has 0 spiro atoms. The second kappa shape index (κ2) is 4.61. The van der Waals surface area contributed by atoms with Gasteiger partial charge in [-0.05, 0) is 31.7 Å². The highest BCUT2D eigenvalue weighted by Gasteiger charge is 2.26. The molecule has 5 nitrogen and oxygen atoms in total. The van der Waals surface area contributed by atoms with Gasteiger partial charge in [-0.15, -0.1) is 0 Å². The maximum Gasteiger partial charge on any atom is 0.337 e. The summed E-state index contributed by atoms with van der Waals surface area (Å²) in [4.78, 5) is 17.3. The Balaban J connectivity index is 2.28. The third kappa shape index (κ3) is 2.49. The van der Waals surface area contributed by atoms with Crippen LogP contribution in [0.1, 0.15) is 30.1 Å². The van der Waals surface area contributed by atoms with Gasteiger partial charge in [0, 0.05) is 19.3 Å². The van der Waals surface area contributed by atoms with Crippen molar-refractivity contribution in [2.24, 2.45) is 5.92 Å². The number of hydrogen-bond donors (Lipinski definition) is 2. The van der Waals surface area contributed by atoms with Gasteiger partial charge in [-0.25, -0.2) is 9.78 Å². The lowest BCUT2D eigenvalue weighted by atomic mass is 10.2. The molecule has 92 valence electrons. The topological polar surface area (TPSA) is 79.5 Å². The van der Waals surface area contributed by atoms with Gasteiger partial charge in [0.1, 0.15) is 0 Å². The molecule has 0 radical (unpaired) electrons. The first-order valence-corrected chi connectivity index (χ1v) is 5.86. The number of carboxylic acid groups (broad SMARTS) is 1. The van der Waals surface area contributed by atoms with Crippen molar-refractivity contribution in [2.75, 3.05) is 23.7 Å². The van der Waals surface area contributed by atoms with Crippen LogP contribution in [-0.2, 0) is 0 Å². The minimum atomic E-state index is -1.01. The summed E-state index contributed by atoms with van der Waals surface area (Å²) >= 11 is 0. The van der Waals surface area contributed by atoms with E-state index in [2.05, 4.69) is 9.88 Å². The number of nitrogens with two attached hydrogens (primary N) is 1. The van der Waals surface area contributed by atoms with Crippen molar-refractivity contribution in [1.82, 2.24) is 4.98 Å². The van der Waals surface area contributed by atoms with Crippen LogP contribution >= 0.6 is 0 Å². The van der Waals surface area contributed by atoms with E-state index in [1.807, 2.05) is 6.92 Å².